The largest absolute Gasteiger partial charge is 0.494 e. The van der Waals surface area contributed by atoms with Crippen LogP contribution in [0.4, 0.5) is 0 Å². The molecule has 0 bridgehead atoms. The van der Waals surface area contributed by atoms with Crippen molar-refractivity contribution in [1.29, 1.82) is 0 Å². The maximum absolute atomic E-state index is 11.9. The lowest BCUT2D eigenvalue weighted by Crippen LogP contribution is -2.00. The maximum atomic E-state index is 11.9. The third-order valence-electron chi connectivity index (χ3n) is 2.52. The molecule has 2 aromatic carbocycles. The molecule has 0 aliphatic carbocycles. The minimum atomic E-state index is -0.360. The van der Waals surface area contributed by atoms with Gasteiger partial charge in [-0.15, -0.1) is 0 Å². The fourth-order valence-corrected chi connectivity index (χ4v) is 2.05. The van der Waals surface area contributed by atoms with Crippen LogP contribution in [0.2, 0.25) is 0 Å². The highest BCUT2D eigenvalue weighted by molar-refractivity contribution is 7.95. The minimum Gasteiger partial charge on any atom is -0.494 e. The number of rotatable bonds is 6. The molecule has 0 aliphatic heterocycles. The molecule has 0 aliphatic rings. The molecule has 0 saturated carbocycles. The highest BCUT2D eigenvalue weighted by Gasteiger charge is 2.08. The lowest BCUT2D eigenvalue weighted by molar-refractivity contribution is 0.0768. The van der Waals surface area contributed by atoms with Gasteiger partial charge in [0.15, 0.2) is 0 Å². The van der Waals surface area contributed by atoms with Crippen molar-refractivity contribution < 1.29 is 13.7 Å². The Kier molecular flexibility index (Phi) is 5.50. The van der Waals surface area contributed by atoms with Gasteiger partial charge in [-0.05, 0) is 42.8 Å². The number of benzene rings is 2. The molecule has 0 saturated heterocycles. The van der Waals surface area contributed by atoms with Crippen LogP contribution in [0.3, 0.4) is 0 Å². The molecule has 3 nitrogen and oxygen atoms in total. The van der Waals surface area contributed by atoms with Gasteiger partial charge >= 0.3 is 5.97 Å². The number of hydrogen-bond acceptors (Lipinski definition) is 4. The van der Waals surface area contributed by atoms with Gasteiger partial charge in [0.05, 0.1) is 24.2 Å². The van der Waals surface area contributed by atoms with Crippen LogP contribution < -0.4 is 4.74 Å². The molecular formula is C16H16O3S. The topological polar surface area (TPSA) is 35.5 Å². The Morgan fingerprint density at radius 2 is 1.75 bits per heavy atom. The molecule has 0 heterocycles. The molecule has 0 spiro atoms. The zero-order chi connectivity index (χ0) is 14.2. The number of hydrogen-bond donors (Lipinski definition) is 0. The molecule has 104 valence electrons. The van der Waals surface area contributed by atoms with Crippen LogP contribution in [-0.4, -0.2) is 12.6 Å². The van der Waals surface area contributed by atoms with E-state index in [9.17, 15) is 4.79 Å². The standard InChI is InChI=1S/C16H16O3S/c1-2-12-18-14-10-8-13(9-11-14)16(17)19-20-15-6-4-3-5-7-15/h3-11H,2,12H2,1H3. The van der Waals surface area contributed by atoms with E-state index in [1.807, 2.05) is 37.3 Å². The number of ether oxygens (including phenoxy) is 1. The second kappa shape index (κ2) is 7.60. The number of carbonyl (C=O) groups excluding carboxylic acids is 1. The van der Waals surface area contributed by atoms with Gasteiger partial charge in [-0.3, -0.25) is 0 Å². The molecule has 0 atom stereocenters. The van der Waals surface area contributed by atoms with Crippen molar-refractivity contribution in [3.8, 4) is 5.75 Å². The van der Waals surface area contributed by atoms with Gasteiger partial charge in [0.2, 0.25) is 0 Å². The third-order valence-corrected chi connectivity index (χ3v) is 3.22. The fourth-order valence-electron chi connectivity index (χ4n) is 1.52. The highest BCUT2D eigenvalue weighted by atomic mass is 32.2. The van der Waals surface area contributed by atoms with Gasteiger partial charge in [0.1, 0.15) is 5.75 Å². The van der Waals surface area contributed by atoms with Crippen LogP contribution in [0, 0.1) is 0 Å². The molecule has 0 amide bonds. The first-order valence-corrected chi connectivity index (χ1v) is 7.20. The summed E-state index contributed by atoms with van der Waals surface area (Å²) in [5, 5.41) is 0. The Morgan fingerprint density at radius 3 is 2.40 bits per heavy atom. The average molecular weight is 288 g/mol. The van der Waals surface area contributed by atoms with Crippen LogP contribution in [0.1, 0.15) is 23.7 Å². The lowest BCUT2D eigenvalue weighted by Gasteiger charge is -2.05. The van der Waals surface area contributed by atoms with E-state index in [-0.39, 0.29) is 5.97 Å². The van der Waals surface area contributed by atoms with Crippen molar-refractivity contribution in [3.63, 3.8) is 0 Å². The van der Waals surface area contributed by atoms with E-state index in [0.717, 1.165) is 29.1 Å². The average Bonchev–Trinajstić information content (AvgIpc) is 2.52. The fraction of sp³-hybridized carbons (Fsp3) is 0.188. The summed E-state index contributed by atoms with van der Waals surface area (Å²) in [5.74, 6) is 0.403. The van der Waals surface area contributed by atoms with E-state index in [4.69, 9.17) is 8.92 Å². The molecule has 2 rings (SSSR count). The van der Waals surface area contributed by atoms with Crippen LogP contribution in [0.25, 0.3) is 0 Å². The van der Waals surface area contributed by atoms with Crippen LogP contribution in [0.15, 0.2) is 59.5 Å². The molecule has 0 fully saturated rings. The SMILES string of the molecule is CCCOc1ccc(C(=O)OSc2ccccc2)cc1. The predicted molar refractivity (Wildman–Crippen MR) is 79.9 cm³/mol. The second-order valence-electron chi connectivity index (χ2n) is 4.14. The molecule has 0 aromatic heterocycles. The summed E-state index contributed by atoms with van der Waals surface area (Å²) in [6.45, 7) is 2.72. The van der Waals surface area contributed by atoms with Gasteiger partial charge in [-0.1, -0.05) is 25.1 Å². The van der Waals surface area contributed by atoms with Gasteiger partial charge in [-0.25, -0.2) is 4.79 Å². The number of carbonyl (C=O) groups is 1. The van der Waals surface area contributed by atoms with E-state index < -0.39 is 0 Å². The van der Waals surface area contributed by atoms with Crippen molar-refractivity contribution in [2.24, 2.45) is 0 Å². The first-order valence-electron chi connectivity index (χ1n) is 6.46. The maximum Gasteiger partial charge on any atom is 0.350 e. The van der Waals surface area contributed by atoms with Crippen molar-refractivity contribution in [3.05, 3.63) is 60.2 Å². The van der Waals surface area contributed by atoms with Crippen molar-refractivity contribution >= 4 is 18.0 Å². The van der Waals surface area contributed by atoms with Crippen LogP contribution >= 0.6 is 12.0 Å². The smallest absolute Gasteiger partial charge is 0.350 e. The van der Waals surface area contributed by atoms with Crippen molar-refractivity contribution in [2.45, 2.75) is 18.2 Å². The van der Waals surface area contributed by atoms with Gasteiger partial charge in [0.25, 0.3) is 0 Å². The molecule has 0 unspecified atom stereocenters. The van der Waals surface area contributed by atoms with Gasteiger partial charge in [-0.2, -0.15) is 0 Å². The summed E-state index contributed by atoms with van der Waals surface area (Å²) in [5.41, 5.74) is 0.511. The lowest BCUT2D eigenvalue weighted by atomic mass is 10.2. The summed E-state index contributed by atoms with van der Waals surface area (Å²) >= 11 is 1.06. The zero-order valence-corrected chi connectivity index (χ0v) is 12.1. The van der Waals surface area contributed by atoms with E-state index in [1.54, 1.807) is 24.3 Å². The zero-order valence-electron chi connectivity index (χ0n) is 11.2. The highest BCUT2D eigenvalue weighted by Crippen LogP contribution is 2.21. The van der Waals surface area contributed by atoms with Gasteiger partial charge < -0.3 is 8.92 Å². The molecule has 4 heteroatoms. The molecule has 2 aromatic rings. The van der Waals surface area contributed by atoms with E-state index >= 15 is 0 Å². The van der Waals surface area contributed by atoms with Crippen LogP contribution in [-0.2, 0) is 4.18 Å². The Labute approximate surface area is 123 Å². The normalized spacial score (nSPS) is 10.1. The molecule has 20 heavy (non-hydrogen) atoms. The summed E-state index contributed by atoms with van der Waals surface area (Å²) < 4.78 is 10.6. The Bertz CT molecular complexity index is 537. The van der Waals surface area contributed by atoms with E-state index in [2.05, 4.69) is 0 Å². The minimum absolute atomic E-state index is 0.360. The second-order valence-corrected chi connectivity index (χ2v) is 4.94. The van der Waals surface area contributed by atoms with Crippen LogP contribution in [0.5, 0.6) is 5.75 Å². The quantitative estimate of drug-likeness (QED) is 0.741. The summed E-state index contributed by atoms with van der Waals surface area (Å²) in [6.07, 6.45) is 0.956. The summed E-state index contributed by atoms with van der Waals surface area (Å²) in [6, 6.07) is 16.5. The molecular weight excluding hydrogens is 272 g/mol. The third kappa shape index (κ3) is 4.31. The Hall–Kier alpha value is -1.94. The Morgan fingerprint density at radius 1 is 1.05 bits per heavy atom. The van der Waals surface area contributed by atoms with Crippen molar-refractivity contribution in [2.75, 3.05) is 6.61 Å². The summed E-state index contributed by atoms with van der Waals surface area (Å²) in [7, 11) is 0. The van der Waals surface area contributed by atoms with Crippen molar-refractivity contribution in [1.82, 2.24) is 0 Å². The molecule has 0 N–H and O–H groups in total. The predicted octanol–water partition coefficient (Wildman–Crippen LogP) is 4.34. The first kappa shape index (κ1) is 14.5. The van der Waals surface area contributed by atoms with E-state index in [1.165, 1.54) is 0 Å². The Balaban J connectivity index is 1.89. The summed E-state index contributed by atoms with van der Waals surface area (Å²) in [4.78, 5) is 12.8. The monoisotopic (exact) mass is 288 g/mol. The van der Waals surface area contributed by atoms with E-state index in [0.29, 0.717) is 12.2 Å². The first-order chi connectivity index (χ1) is 9.79. The molecule has 0 radical (unpaired) electrons. The van der Waals surface area contributed by atoms with Gasteiger partial charge in [0, 0.05) is 4.90 Å².